The van der Waals surface area contributed by atoms with Gasteiger partial charge in [-0.1, -0.05) is 18.2 Å². The molecule has 0 saturated carbocycles. The van der Waals surface area contributed by atoms with Crippen LogP contribution in [-0.2, 0) is 9.59 Å². The number of nitrogens with zero attached hydrogens (tertiary/aromatic N) is 2. The van der Waals surface area contributed by atoms with Crippen molar-refractivity contribution in [3.8, 4) is 5.75 Å². The van der Waals surface area contributed by atoms with Gasteiger partial charge in [0, 0.05) is 11.8 Å². The van der Waals surface area contributed by atoms with Gasteiger partial charge < -0.3 is 10.4 Å². The molecule has 8 nitrogen and oxygen atoms in total. The molecule has 1 aliphatic heterocycles. The van der Waals surface area contributed by atoms with Gasteiger partial charge in [-0.3, -0.25) is 19.3 Å². The fourth-order valence-corrected chi connectivity index (χ4v) is 2.69. The van der Waals surface area contributed by atoms with Crippen LogP contribution in [0, 0.1) is 5.92 Å². The lowest BCUT2D eigenvalue weighted by atomic mass is 10.1. The van der Waals surface area contributed by atoms with Crippen molar-refractivity contribution in [2.45, 2.75) is 0 Å². The topological polar surface area (TPSA) is 111 Å². The highest BCUT2D eigenvalue weighted by Gasteiger charge is 2.38. The van der Waals surface area contributed by atoms with Gasteiger partial charge >= 0.3 is 0 Å². The molecule has 0 radical (unpaired) electrons. The van der Waals surface area contributed by atoms with E-state index in [0.29, 0.717) is 5.69 Å². The van der Waals surface area contributed by atoms with Crippen molar-refractivity contribution in [1.82, 2.24) is 10.7 Å². The van der Waals surface area contributed by atoms with Crippen LogP contribution in [0.25, 0.3) is 0 Å². The molecular formula is C18H14N4O4S. The molecule has 0 spiro atoms. The second-order valence-electron chi connectivity index (χ2n) is 5.55. The Morgan fingerprint density at radius 2 is 1.81 bits per heavy atom. The van der Waals surface area contributed by atoms with Crippen molar-refractivity contribution in [2.24, 2.45) is 11.0 Å². The van der Waals surface area contributed by atoms with Gasteiger partial charge in [-0.2, -0.15) is 5.10 Å². The van der Waals surface area contributed by atoms with E-state index in [-0.39, 0.29) is 16.4 Å². The summed E-state index contributed by atoms with van der Waals surface area (Å²) in [6, 6.07) is 14.2. The van der Waals surface area contributed by atoms with E-state index in [0.717, 1.165) is 6.21 Å². The minimum absolute atomic E-state index is 0.0195. The number of amides is 3. The normalized spacial score (nSPS) is 17.1. The molecule has 1 atom stereocenters. The molecule has 1 saturated heterocycles. The summed E-state index contributed by atoms with van der Waals surface area (Å²) in [6.07, 6.45) is 1.05. The lowest BCUT2D eigenvalue weighted by Gasteiger charge is -2.30. The third-order valence-corrected chi connectivity index (χ3v) is 4.02. The fourth-order valence-electron chi connectivity index (χ4n) is 2.39. The number of carbonyl (C=O) groups is 3. The first kappa shape index (κ1) is 18.2. The van der Waals surface area contributed by atoms with Crippen LogP contribution in [-0.4, -0.2) is 34.2 Å². The summed E-state index contributed by atoms with van der Waals surface area (Å²) in [6.45, 7) is 0. The monoisotopic (exact) mass is 382 g/mol. The minimum atomic E-state index is -1.24. The quantitative estimate of drug-likeness (QED) is 0.318. The van der Waals surface area contributed by atoms with E-state index in [4.69, 9.17) is 12.2 Å². The van der Waals surface area contributed by atoms with Crippen molar-refractivity contribution in [2.75, 3.05) is 4.90 Å². The van der Waals surface area contributed by atoms with Gasteiger partial charge in [-0.05, 0) is 48.6 Å². The summed E-state index contributed by atoms with van der Waals surface area (Å²) < 4.78 is 0. The number of thiocarbonyl (C=S) groups is 1. The van der Waals surface area contributed by atoms with E-state index < -0.39 is 23.6 Å². The van der Waals surface area contributed by atoms with Gasteiger partial charge in [0.1, 0.15) is 5.75 Å². The standard InChI is InChI=1S/C18H14N4O4S/c23-13-8-6-11(7-9-13)15(24)21-19-10-14-16(25)20-18(27)22(17(14)26)12-4-2-1-3-5-12/h1-10,14,23H,(H,21,24)(H,20,25,27). The molecule has 2 aromatic rings. The maximum absolute atomic E-state index is 12.7. The number of para-hydroxylation sites is 1. The highest BCUT2D eigenvalue weighted by atomic mass is 32.1. The third-order valence-electron chi connectivity index (χ3n) is 3.74. The van der Waals surface area contributed by atoms with Gasteiger partial charge in [-0.25, -0.2) is 5.43 Å². The number of rotatable bonds is 4. The van der Waals surface area contributed by atoms with E-state index in [9.17, 15) is 19.5 Å². The van der Waals surface area contributed by atoms with Crippen molar-refractivity contribution < 1.29 is 19.5 Å². The number of benzene rings is 2. The summed E-state index contributed by atoms with van der Waals surface area (Å²) in [7, 11) is 0. The van der Waals surface area contributed by atoms with E-state index in [1.54, 1.807) is 30.3 Å². The Kier molecular flexibility index (Phi) is 5.23. The highest BCUT2D eigenvalue weighted by Crippen LogP contribution is 2.19. The molecule has 2 aromatic carbocycles. The number of hydrogen-bond donors (Lipinski definition) is 3. The van der Waals surface area contributed by atoms with Gasteiger partial charge in [0.15, 0.2) is 11.0 Å². The first-order valence-electron chi connectivity index (χ1n) is 7.84. The number of anilines is 1. The highest BCUT2D eigenvalue weighted by molar-refractivity contribution is 7.80. The molecule has 1 unspecified atom stereocenters. The number of phenolic OH excluding ortho intramolecular Hbond substituents is 1. The van der Waals surface area contributed by atoms with Crippen molar-refractivity contribution in [3.63, 3.8) is 0 Å². The van der Waals surface area contributed by atoms with Crippen LogP contribution < -0.4 is 15.6 Å². The molecule has 3 amide bonds. The van der Waals surface area contributed by atoms with Crippen molar-refractivity contribution in [1.29, 1.82) is 0 Å². The predicted octanol–water partition coefficient (Wildman–Crippen LogP) is 1.17. The number of nitrogens with one attached hydrogen (secondary N) is 2. The lowest BCUT2D eigenvalue weighted by molar-refractivity contribution is -0.130. The predicted molar refractivity (Wildman–Crippen MR) is 102 cm³/mol. The Hall–Kier alpha value is -3.59. The summed E-state index contributed by atoms with van der Waals surface area (Å²) in [4.78, 5) is 38.0. The number of aromatic hydroxyl groups is 1. The molecule has 1 heterocycles. The molecule has 0 aliphatic carbocycles. The van der Waals surface area contributed by atoms with Gasteiger partial charge in [0.05, 0.1) is 5.69 Å². The van der Waals surface area contributed by atoms with Gasteiger partial charge in [-0.15, -0.1) is 0 Å². The second-order valence-corrected chi connectivity index (χ2v) is 5.93. The summed E-state index contributed by atoms with van der Waals surface area (Å²) in [5, 5.41) is 15.4. The largest absolute Gasteiger partial charge is 0.508 e. The van der Waals surface area contributed by atoms with E-state index in [1.807, 2.05) is 0 Å². The summed E-state index contributed by atoms with van der Waals surface area (Å²) >= 11 is 5.08. The smallest absolute Gasteiger partial charge is 0.271 e. The Morgan fingerprint density at radius 3 is 2.48 bits per heavy atom. The first-order chi connectivity index (χ1) is 13.0. The van der Waals surface area contributed by atoms with Gasteiger partial charge in [0.2, 0.25) is 5.91 Å². The number of hydrazone groups is 1. The minimum Gasteiger partial charge on any atom is -0.508 e. The number of carbonyl (C=O) groups excluding carboxylic acids is 3. The molecule has 3 rings (SSSR count). The zero-order chi connectivity index (χ0) is 19.4. The van der Waals surface area contributed by atoms with Crippen LogP contribution in [0.4, 0.5) is 5.69 Å². The zero-order valence-corrected chi connectivity index (χ0v) is 14.6. The fraction of sp³-hybridized carbons (Fsp3) is 0.0556. The van der Waals surface area contributed by atoms with Crippen LogP contribution >= 0.6 is 12.2 Å². The first-order valence-corrected chi connectivity index (χ1v) is 8.24. The van der Waals surface area contributed by atoms with E-state index >= 15 is 0 Å². The number of hydrogen-bond acceptors (Lipinski definition) is 6. The van der Waals surface area contributed by atoms with Crippen molar-refractivity contribution >= 4 is 47.0 Å². The zero-order valence-electron chi connectivity index (χ0n) is 13.8. The molecular weight excluding hydrogens is 368 g/mol. The van der Waals surface area contributed by atoms with Crippen LogP contribution in [0.1, 0.15) is 10.4 Å². The maximum atomic E-state index is 12.7. The molecule has 136 valence electrons. The average molecular weight is 382 g/mol. The SMILES string of the molecule is O=C(NN=CC1C(=O)NC(=S)N(c2ccccc2)C1=O)c1ccc(O)cc1. The van der Waals surface area contributed by atoms with Gasteiger partial charge in [0.25, 0.3) is 11.8 Å². The molecule has 1 aliphatic rings. The van der Waals surface area contributed by atoms with Crippen LogP contribution in [0.5, 0.6) is 5.75 Å². The molecule has 3 N–H and O–H groups in total. The number of phenols is 1. The van der Waals surface area contributed by atoms with Crippen molar-refractivity contribution in [3.05, 3.63) is 60.2 Å². The Bertz CT molecular complexity index is 928. The molecule has 27 heavy (non-hydrogen) atoms. The van der Waals surface area contributed by atoms with Crippen LogP contribution in [0.3, 0.4) is 0 Å². The molecule has 0 bridgehead atoms. The summed E-state index contributed by atoms with van der Waals surface area (Å²) in [5.41, 5.74) is 3.01. The van der Waals surface area contributed by atoms with Crippen LogP contribution in [0.15, 0.2) is 59.7 Å². The summed E-state index contributed by atoms with van der Waals surface area (Å²) in [5.74, 6) is -2.96. The maximum Gasteiger partial charge on any atom is 0.271 e. The lowest BCUT2D eigenvalue weighted by Crippen LogP contribution is -2.58. The average Bonchev–Trinajstić information content (AvgIpc) is 2.65. The Labute approximate surface area is 159 Å². The molecule has 1 fully saturated rings. The van der Waals surface area contributed by atoms with Crippen LogP contribution in [0.2, 0.25) is 0 Å². The third kappa shape index (κ3) is 3.98. The Balaban J connectivity index is 1.73. The van der Waals surface area contributed by atoms with E-state index in [1.165, 1.54) is 29.2 Å². The molecule has 9 heteroatoms. The second kappa shape index (κ2) is 7.75. The van der Waals surface area contributed by atoms with E-state index in [2.05, 4.69) is 15.8 Å². The molecule has 0 aromatic heterocycles. The Morgan fingerprint density at radius 1 is 1.15 bits per heavy atom.